The molecule has 2 heterocycles. The molecule has 0 unspecified atom stereocenters. The first kappa shape index (κ1) is 36.6. The molecule has 53 heavy (non-hydrogen) atoms. The number of rotatable bonds is 14. The molecule has 4 aromatic carbocycles. The van der Waals surface area contributed by atoms with Crippen LogP contribution in [0.5, 0.6) is 23.0 Å². The van der Waals surface area contributed by atoms with Gasteiger partial charge < -0.3 is 23.7 Å². The maximum Gasteiger partial charge on any atom is 0.338 e. The van der Waals surface area contributed by atoms with E-state index < -0.39 is 22.5 Å². The lowest BCUT2D eigenvalue weighted by atomic mass is 9.96. The van der Waals surface area contributed by atoms with Crippen molar-refractivity contribution in [1.29, 1.82) is 0 Å². The van der Waals surface area contributed by atoms with Crippen LogP contribution in [0.1, 0.15) is 49.1 Å². The Morgan fingerprint density at radius 2 is 1.51 bits per heavy atom. The predicted octanol–water partition coefficient (Wildman–Crippen LogP) is 6.38. The Balaban J connectivity index is 1.42. The molecule has 1 aliphatic rings. The Morgan fingerprint density at radius 3 is 2.11 bits per heavy atom. The Morgan fingerprint density at radius 1 is 0.868 bits per heavy atom. The first-order valence-electron chi connectivity index (χ1n) is 16.9. The first-order chi connectivity index (χ1) is 25.7. The van der Waals surface area contributed by atoms with E-state index in [9.17, 15) is 19.7 Å². The summed E-state index contributed by atoms with van der Waals surface area (Å²) in [5.41, 5.74) is 2.35. The average Bonchev–Trinajstić information content (AvgIpc) is 3.48. The normalized spacial score (nSPS) is 13.9. The number of methoxy groups -OCH3 is 1. The molecule has 6 rings (SSSR count). The SMILES string of the molecule is CCOC(=O)C1=C(C)n2c(s/c(=C\c3cc(OC)c(OCc4ccccc4)cc3[N+](=O)[O-])c2=O)=N[C@@H]1c1ccc(OCc2ccccc2)c(OCC)c1. The van der Waals surface area contributed by atoms with Crippen LogP contribution in [0.15, 0.2) is 106 Å². The smallest absolute Gasteiger partial charge is 0.338 e. The highest BCUT2D eigenvalue weighted by Gasteiger charge is 2.32. The number of thiazole rings is 1. The van der Waals surface area contributed by atoms with Crippen molar-refractivity contribution in [1.82, 2.24) is 4.57 Å². The predicted molar refractivity (Wildman–Crippen MR) is 200 cm³/mol. The number of esters is 1. The Hall–Kier alpha value is -6.21. The summed E-state index contributed by atoms with van der Waals surface area (Å²) >= 11 is 1.05. The first-order valence-corrected chi connectivity index (χ1v) is 17.7. The summed E-state index contributed by atoms with van der Waals surface area (Å²) in [5, 5.41) is 12.3. The van der Waals surface area contributed by atoms with Crippen molar-refractivity contribution < 1.29 is 33.4 Å². The van der Waals surface area contributed by atoms with Gasteiger partial charge in [0.15, 0.2) is 27.8 Å². The van der Waals surface area contributed by atoms with Crippen LogP contribution in [-0.4, -0.2) is 35.8 Å². The molecule has 0 bridgehead atoms. The topological polar surface area (TPSA) is 141 Å². The quantitative estimate of drug-likeness (QED) is 0.0722. The van der Waals surface area contributed by atoms with Crippen molar-refractivity contribution in [3.63, 3.8) is 0 Å². The number of allylic oxidation sites excluding steroid dienone is 1. The average molecular weight is 736 g/mol. The van der Waals surface area contributed by atoms with Gasteiger partial charge in [0.25, 0.3) is 11.2 Å². The summed E-state index contributed by atoms with van der Waals surface area (Å²) in [4.78, 5) is 44.4. The highest BCUT2D eigenvalue weighted by Crippen LogP contribution is 2.38. The van der Waals surface area contributed by atoms with E-state index in [1.165, 1.54) is 29.9 Å². The Bertz CT molecular complexity index is 2350. The van der Waals surface area contributed by atoms with Gasteiger partial charge in [0.1, 0.15) is 19.3 Å². The number of nitrogens with zero attached hydrogens (tertiary/aromatic N) is 3. The van der Waals surface area contributed by atoms with Gasteiger partial charge in [-0.2, -0.15) is 0 Å². The van der Waals surface area contributed by atoms with Crippen LogP contribution in [0.3, 0.4) is 0 Å². The summed E-state index contributed by atoms with van der Waals surface area (Å²) in [6, 6.07) is 26.4. The van der Waals surface area contributed by atoms with Crippen molar-refractivity contribution >= 4 is 34.8 Å². The molecule has 5 aromatic rings. The van der Waals surface area contributed by atoms with E-state index in [2.05, 4.69) is 0 Å². The lowest BCUT2D eigenvalue weighted by molar-refractivity contribution is -0.385. The number of ether oxygens (including phenoxy) is 5. The van der Waals surface area contributed by atoms with Crippen LogP contribution in [0.4, 0.5) is 5.69 Å². The maximum atomic E-state index is 14.0. The summed E-state index contributed by atoms with van der Waals surface area (Å²) in [6.07, 6.45) is 1.42. The second-order valence-electron chi connectivity index (χ2n) is 11.8. The molecule has 0 N–H and O–H groups in total. The molecular formula is C40H37N3O9S. The van der Waals surface area contributed by atoms with Gasteiger partial charge in [-0.25, -0.2) is 9.79 Å². The standard InChI is InChI=1S/C40H37N3O9S/c1-5-49-33-19-28(17-18-31(33)51-23-26-13-9-7-10-14-26)37-36(39(45)50-6-2)25(3)42-38(44)35(53-40(42)41-37)21-29-20-32(48-4)34(22-30(29)43(46)47)52-24-27-15-11-8-12-16-27/h7-22,37H,5-6,23-24H2,1-4H3/b35-21-/t37-/m1/s1. The zero-order valence-corrected chi connectivity index (χ0v) is 30.4. The molecule has 0 spiro atoms. The number of fused-ring (bicyclic) bond motifs is 1. The number of nitro benzene ring substituents is 1. The molecule has 0 fully saturated rings. The minimum Gasteiger partial charge on any atom is -0.493 e. The third kappa shape index (κ3) is 8.00. The van der Waals surface area contributed by atoms with Crippen molar-refractivity contribution in [2.75, 3.05) is 20.3 Å². The number of nitro groups is 1. The molecule has 0 amide bonds. The number of benzene rings is 4. The molecule has 12 nitrogen and oxygen atoms in total. The van der Waals surface area contributed by atoms with E-state index in [0.717, 1.165) is 22.5 Å². The molecule has 1 aromatic heterocycles. The van der Waals surface area contributed by atoms with E-state index in [4.69, 9.17) is 28.7 Å². The van der Waals surface area contributed by atoms with Crippen molar-refractivity contribution in [2.45, 2.75) is 40.0 Å². The number of carbonyl (C=O) groups is 1. The fourth-order valence-electron chi connectivity index (χ4n) is 5.86. The van der Waals surface area contributed by atoms with Crippen LogP contribution < -0.4 is 33.8 Å². The lowest BCUT2D eigenvalue weighted by Gasteiger charge is -2.23. The molecule has 0 saturated heterocycles. The molecule has 0 aliphatic carbocycles. The molecule has 272 valence electrons. The number of hydrogen-bond acceptors (Lipinski definition) is 11. The van der Waals surface area contributed by atoms with E-state index >= 15 is 0 Å². The second-order valence-corrected chi connectivity index (χ2v) is 12.8. The maximum absolute atomic E-state index is 14.0. The number of carbonyl (C=O) groups excluding carboxylic acids is 1. The highest BCUT2D eigenvalue weighted by atomic mass is 32.1. The summed E-state index contributed by atoms with van der Waals surface area (Å²) in [6.45, 7) is 6.19. The van der Waals surface area contributed by atoms with Crippen molar-refractivity contribution in [3.8, 4) is 23.0 Å². The minimum absolute atomic E-state index is 0.111. The van der Waals surface area contributed by atoms with E-state index in [0.29, 0.717) is 40.8 Å². The van der Waals surface area contributed by atoms with E-state index in [1.54, 1.807) is 32.0 Å². The van der Waals surface area contributed by atoms with Crippen LogP contribution in [0.25, 0.3) is 11.8 Å². The van der Waals surface area contributed by atoms with Gasteiger partial charge in [-0.3, -0.25) is 19.5 Å². The third-order valence-electron chi connectivity index (χ3n) is 8.39. The zero-order chi connectivity index (χ0) is 37.5. The fourth-order valence-corrected chi connectivity index (χ4v) is 6.89. The lowest BCUT2D eigenvalue weighted by Crippen LogP contribution is -2.35. The van der Waals surface area contributed by atoms with Crippen LogP contribution in [-0.2, 0) is 22.7 Å². The van der Waals surface area contributed by atoms with Gasteiger partial charge in [0.05, 0.1) is 47.0 Å². The molecular weight excluding hydrogens is 699 g/mol. The second kappa shape index (κ2) is 16.4. The van der Waals surface area contributed by atoms with E-state index in [-0.39, 0.29) is 46.1 Å². The monoisotopic (exact) mass is 735 g/mol. The Labute approximate surface area is 309 Å². The summed E-state index contributed by atoms with van der Waals surface area (Å²) in [5.74, 6) is 0.804. The summed E-state index contributed by atoms with van der Waals surface area (Å²) in [7, 11) is 1.43. The molecule has 1 aliphatic heterocycles. The molecule has 0 radical (unpaired) electrons. The molecule has 0 saturated carbocycles. The summed E-state index contributed by atoms with van der Waals surface area (Å²) < 4.78 is 30.4. The number of aromatic nitrogens is 1. The van der Waals surface area contributed by atoms with Gasteiger partial charge in [0.2, 0.25) is 0 Å². The number of hydrogen-bond donors (Lipinski definition) is 0. The van der Waals surface area contributed by atoms with Gasteiger partial charge in [0, 0.05) is 5.70 Å². The van der Waals surface area contributed by atoms with Gasteiger partial charge in [-0.1, -0.05) is 78.1 Å². The van der Waals surface area contributed by atoms with Crippen molar-refractivity contribution in [3.05, 3.63) is 149 Å². The minimum atomic E-state index is -0.849. The molecule has 1 atom stereocenters. The van der Waals surface area contributed by atoms with E-state index in [1.807, 2.05) is 67.6 Å². The van der Waals surface area contributed by atoms with Gasteiger partial charge in [-0.05, 0) is 61.7 Å². The van der Waals surface area contributed by atoms with Crippen LogP contribution in [0.2, 0.25) is 0 Å². The fraction of sp³-hybridized carbons (Fsp3) is 0.225. The highest BCUT2D eigenvalue weighted by molar-refractivity contribution is 7.07. The van der Waals surface area contributed by atoms with Crippen LogP contribution in [0, 0.1) is 10.1 Å². The molecule has 13 heteroatoms. The van der Waals surface area contributed by atoms with Crippen LogP contribution >= 0.6 is 11.3 Å². The Kier molecular flexibility index (Phi) is 11.3. The van der Waals surface area contributed by atoms with Crippen molar-refractivity contribution in [2.24, 2.45) is 4.99 Å². The zero-order valence-electron chi connectivity index (χ0n) is 29.6. The van der Waals surface area contributed by atoms with Gasteiger partial charge >= 0.3 is 5.97 Å². The third-order valence-corrected chi connectivity index (χ3v) is 9.38. The largest absolute Gasteiger partial charge is 0.493 e. The van der Waals surface area contributed by atoms with Gasteiger partial charge in [-0.15, -0.1) is 0 Å².